The first-order chi connectivity index (χ1) is 33.7. The average Bonchev–Trinajstić information content (AvgIpc) is 3.70. The fraction of sp³-hybridized carbons (Fsp3) is 0.397. The quantitative estimate of drug-likeness (QED) is 0.0365. The monoisotopic (exact) mass is 961 g/mol. The molecule has 0 spiro atoms. The summed E-state index contributed by atoms with van der Waals surface area (Å²) in [5.41, 5.74) is 10.8. The van der Waals surface area contributed by atoms with Gasteiger partial charge in [-0.15, -0.1) is 13.2 Å². The average molecular weight is 961 g/mol. The number of ether oxygens (including phenoxy) is 1. The molecular formula is C63H80N2O4S+2. The van der Waals surface area contributed by atoms with Gasteiger partial charge in [0.05, 0.1) is 51.5 Å². The Morgan fingerprint density at radius 2 is 1.27 bits per heavy atom. The van der Waals surface area contributed by atoms with Crippen molar-refractivity contribution >= 4 is 43.0 Å². The molecule has 5 aromatic rings. The maximum absolute atomic E-state index is 10.5. The van der Waals surface area contributed by atoms with Gasteiger partial charge in [0.2, 0.25) is 0 Å². The Balaban J connectivity index is 0.000000579. The van der Waals surface area contributed by atoms with Crippen molar-refractivity contribution in [3.63, 3.8) is 0 Å². The Morgan fingerprint density at radius 1 is 0.686 bits per heavy atom. The van der Waals surface area contributed by atoms with E-state index >= 15 is 0 Å². The zero-order chi connectivity index (χ0) is 49.9. The van der Waals surface area contributed by atoms with Gasteiger partial charge in [-0.3, -0.25) is 13.5 Å². The van der Waals surface area contributed by atoms with E-state index in [1.54, 1.807) is 12.1 Å². The van der Waals surface area contributed by atoms with E-state index in [2.05, 4.69) is 158 Å². The van der Waals surface area contributed by atoms with Crippen LogP contribution in [0.1, 0.15) is 132 Å². The zero-order valence-corrected chi connectivity index (χ0v) is 44.0. The largest absolute Gasteiger partial charge is 0.493 e. The smallest absolute Gasteiger partial charge is 0.294 e. The summed E-state index contributed by atoms with van der Waals surface area (Å²) in [6, 6.07) is 33.4. The third-order valence-electron chi connectivity index (χ3n) is 15.3. The van der Waals surface area contributed by atoms with E-state index in [1.165, 1.54) is 131 Å². The lowest BCUT2D eigenvalue weighted by Gasteiger charge is -2.32. The highest BCUT2D eigenvalue weighted by atomic mass is 32.2. The Bertz CT molecular complexity index is 2860. The molecule has 1 N–H and O–H groups in total. The summed E-state index contributed by atoms with van der Waals surface area (Å²) in [6.45, 7) is 13.4. The molecule has 0 aromatic heterocycles. The van der Waals surface area contributed by atoms with E-state index in [0.29, 0.717) is 12.0 Å². The molecule has 3 unspecified atom stereocenters. The van der Waals surface area contributed by atoms with E-state index < -0.39 is 10.1 Å². The maximum Gasteiger partial charge on any atom is 0.294 e. The van der Waals surface area contributed by atoms with Gasteiger partial charge in [0.25, 0.3) is 10.1 Å². The van der Waals surface area contributed by atoms with Gasteiger partial charge in [0.1, 0.15) is 28.9 Å². The number of allylic oxidation sites excluding steroid dienone is 8. The molecule has 5 aromatic carbocycles. The Kier molecular flexibility index (Phi) is 17.8. The minimum atomic E-state index is -4.02. The van der Waals surface area contributed by atoms with Crippen molar-refractivity contribution in [3.05, 3.63) is 186 Å². The molecule has 3 atom stereocenters. The molecule has 0 saturated heterocycles. The molecule has 0 fully saturated rings. The second kappa shape index (κ2) is 23.7. The predicted octanol–water partition coefficient (Wildman–Crippen LogP) is 16.5. The van der Waals surface area contributed by atoms with E-state index in [1.807, 2.05) is 6.92 Å². The van der Waals surface area contributed by atoms with Crippen molar-refractivity contribution in [1.82, 2.24) is 8.97 Å². The third-order valence-corrected chi connectivity index (χ3v) is 16.2. The number of nitrogens with zero attached hydrogens (tertiary/aromatic N) is 2. The standard InChI is InChI=1S/C56H72N2O.C7H8O3S/c1-8-11-12-13-14-15-16-17-18-23-41-59-56-44(35-37-50-48(25-9-2)54-46-31-21-19-27-42(46)33-39-52(54)57(50,4)5)29-24-30-45(56)36-38-51-49(26-10-3)55-47-32-22-20-28-43(47)34-40-53(55)58(51,6)7;1-6-2-4-7(5-3-6)11(8,9)10/h9-10,19-22,27-28,31-40,48-50H,2-3,8,11-18,23-26,29-30,41H2,1,4-7H3;2-5H,1H3,(H,8,9,10)/q+2;. The first-order valence-electron chi connectivity index (χ1n) is 26.2. The van der Waals surface area contributed by atoms with E-state index in [9.17, 15) is 8.42 Å². The minimum Gasteiger partial charge on any atom is -0.493 e. The normalized spacial score (nSPS) is 20.5. The van der Waals surface area contributed by atoms with Gasteiger partial charge in [-0.25, -0.2) is 0 Å². The van der Waals surface area contributed by atoms with Crippen LogP contribution in [0, 0.1) is 6.92 Å². The molecule has 370 valence electrons. The van der Waals surface area contributed by atoms with Crippen LogP contribution >= 0.6 is 0 Å². The van der Waals surface area contributed by atoms with Crippen LogP contribution < -0.4 is 8.97 Å². The molecule has 0 saturated carbocycles. The molecule has 0 bridgehead atoms. The fourth-order valence-corrected chi connectivity index (χ4v) is 12.0. The van der Waals surface area contributed by atoms with Gasteiger partial charge >= 0.3 is 0 Å². The summed E-state index contributed by atoms with van der Waals surface area (Å²) >= 11 is 0. The molecule has 6 nitrogen and oxygen atoms in total. The number of likely N-dealkylation sites (N-methyl/N-ethyl adjacent to an activating group) is 2. The number of unbranched alkanes of at least 4 members (excludes halogenated alkanes) is 9. The SMILES string of the molecule is C=CCC1C(=CC=C2CCCC(C=CC3C(CC=C)c4c(ccc5ccccc45)[N+]3(C)C)=C2OCCCCCCCCCCCC)[N+](C)(C)c2ccc3ccccc3c21.Cc1ccc(S(=O)(=O)O)cc1. The Morgan fingerprint density at radius 3 is 1.89 bits per heavy atom. The third kappa shape index (κ3) is 11.9. The summed E-state index contributed by atoms with van der Waals surface area (Å²) in [5, 5.41) is 5.38. The predicted molar refractivity (Wildman–Crippen MR) is 299 cm³/mol. The number of fused-ring (bicyclic) bond motifs is 6. The molecule has 0 amide bonds. The van der Waals surface area contributed by atoms with Crippen LogP contribution in [0.25, 0.3) is 21.5 Å². The highest BCUT2D eigenvalue weighted by molar-refractivity contribution is 7.85. The van der Waals surface area contributed by atoms with Gasteiger partial charge in [-0.1, -0.05) is 149 Å². The number of rotatable bonds is 20. The van der Waals surface area contributed by atoms with Crippen LogP contribution in [0.3, 0.4) is 0 Å². The summed E-state index contributed by atoms with van der Waals surface area (Å²) in [4.78, 5) is -0.0666. The van der Waals surface area contributed by atoms with Crippen molar-refractivity contribution in [3.8, 4) is 0 Å². The zero-order valence-electron chi connectivity index (χ0n) is 43.1. The van der Waals surface area contributed by atoms with E-state index in [-0.39, 0.29) is 10.8 Å². The Labute approximate surface area is 421 Å². The van der Waals surface area contributed by atoms with Crippen molar-refractivity contribution < 1.29 is 17.7 Å². The lowest BCUT2D eigenvalue weighted by Crippen LogP contribution is -2.47. The van der Waals surface area contributed by atoms with Crippen LogP contribution in [-0.4, -0.2) is 53.8 Å². The molecule has 8 rings (SSSR count). The summed E-state index contributed by atoms with van der Waals surface area (Å²) in [7, 11) is 5.48. The van der Waals surface area contributed by atoms with Crippen LogP contribution in [0.4, 0.5) is 11.4 Å². The van der Waals surface area contributed by atoms with Crippen molar-refractivity contribution in [1.29, 1.82) is 0 Å². The first-order valence-corrected chi connectivity index (χ1v) is 27.6. The highest BCUT2D eigenvalue weighted by Gasteiger charge is 2.47. The Hall–Kier alpha value is -5.31. The maximum atomic E-state index is 10.5. The highest BCUT2D eigenvalue weighted by Crippen LogP contribution is 2.52. The summed E-state index contributed by atoms with van der Waals surface area (Å²) in [6.07, 6.45) is 32.4. The number of benzene rings is 5. The number of hydrogen-bond donors (Lipinski definition) is 1. The van der Waals surface area contributed by atoms with Gasteiger partial charge in [-0.05, 0) is 121 Å². The van der Waals surface area contributed by atoms with Crippen molar-refractivity contribution in [2.45, 2.75) is 133 Å². The lowest BCUT2D eigenvalue weighted by atomic mass is 9.86. The number of hydrogen-bond acceptors (Lipinski definition) is 3. The van der Waals surface area contributed by atoms with E-state index in [0.717, 1.165) is 65.4 Å². The second-order valence-electron chi connectivity index (χ2n) is 20.8. The molecule has 3 aliphatic rings. The van der Waals surface area contributed by atoms with Crippen molar-refractivity contribution in [2.75, 3.05) is 34.8 Å². The molecule has 1 aliphatic carbocycles. The van der Waals surface area contributed by atoms with Gasteiger partial charge < -0.3 is 4.74 Å². The molecule has 7 heteroatoms. The fourth-order valence-electron chi connectivity index (χ4n) is 11.5. The summed E-state index contributed by atoms with van der Waals surface area (Å²) < 4.78 is 38.1. The lowest BCUT2D eigenvalue weighted by molar-refractivity contribution is 0.204. The van der Waals surface area contributed by atoms with Gasteiger partial charge in [0.15, 0.2) is 0 Å². The van der Waals surface area contributed by atoms with E-state index in [4.69, 9.17) is 9.29 Å². The van der Waals surface area contributed by atoms with Gasteiger partial charge in [-0.2, -0.15) is 8.42 Å². The van der Waals surface area contributed by atoms with Crippen LogP contribution in [-0.2, 0) is 14.9 Å². The second-order valence-corrected chi connectivity index (χ2v) is 22.2. The number of quaternary nitrogens is 2. The van der Waals surface area contributed by atoms with Crippen LogP contribution in [0.2, 0.25) is 0 Å². The summed E-state index contributed by atoms with van der Waals surface area (Å²) in [5.74, 6) is 1.77. The number of aryl methyl sites for hydroxylation is 1. The molecule has 2 heterocycles. The van der Waals surface area contributed by atoms with Crippen LogP contribution in [0.5, 0.6) is 0 Å². The molecule has 0 radical (unpaired) electrons. The van der Waals surface area contributed by atoms with Crippen molar-refractivity contribution in [2.24, 2.45) is 0 Å². The van der Waals surface area contributed by atoms with Crippen LogP contribution in [0.15, 0.2) is 174 Å². The topological polar surface area (TPSA) is 63.6 Å². The molecule has 2 aliphatic heterocycles. The van der Waals surface area contributed by atoms with Gasteiger partial charge in [0, 0.05) is 23.3 Å². The molecular weight excluding hydrogens is 881 g/mol. The first kappa shape index (κ1) is 52.5. The minimum absolute atomic E-state index is 0.0666. The molecule has 70 heavy (non-hydrogen) atoms.